The van der Waals surface area contributed by atoms with E-state index in [9.17, 15) is 4.79 Å². The molecule has 20 heavy (non-hydrogen) atoms. The zero-order chi connectivity index (χ0) is 14.7. The standard InChI is InChI=1S/C18H21NO/c1-12-6-9-16(10-7-12)18(20)19-15(4)17-11-13(2)5-8-14(17)3/h5-11,15H,1-4H3,(H,19,20)/t15-/m0/s1. The van der Waals surface area contributed by atoms with E-state index in [1.165, 1.54) is 16.7 Å². The van der Waals surface area contributed by atoms with Gasteiger partial charge in [0.1, 0.15) is 0 Å². The SMILES string of the molecule is Cc1ccc(C(=O)N[C@@H](C)c2cc(C)ccc2C)cc1. The number of hydrogen-bond donors (Lipinski definition) is 1. The van der Waals surface area contributed by atoms with E-state index in [1.54, 1.807) is 0 Å². The van der Waals surface area contributed by atoms with Gasteiger partial charge in [-0.15, -0.1) is 0 Å². The molecule has 0 heterocycles. The fourth-order valence-electron chi connectivity index (χ4n) is 2.29. The molecule has 0 aliphatic carbocycles. The van der Waals surface area contributed by atoms with Crippen molar-refractivity contribution in [2.24, 2.45) is 0 Å². The first-order valence-electron chi connectivity index (χ1n) is 6.92. The van der Waals surface area contributed by atoms with Crippen LogP contribution in [0.3, 0.4) is 0 Å². The molecule has 0 unspecified atom stereocenters. The molecule has 2 aromatic carbocycles. The van der Waals surface area contributed by atoms with Gasteiger partial charge in [-0.2, -0.15) is 0 Å². The Hall–Kier alpha value is -2.09. The molecule has 0 radical (unpaired) electrons. The second-order valence-electron chi connectivity index (χ2n) is 5.42. The minimum absolute atomic E-state index is 0.00343. The van der Waals surface area contributed by atoms with Crippen molar-refractivity contribution in [1.82, 2.24) is 5.32 Å². The number of aryl methyl sites for hydroxylation is 3. The number of rotatable bonds is 3. The van der Waals surface area contributed by atoms with Gasteiger partial charge in [0.15, 0.2) is 0 Å². The Morgan fingerprint density at radius 3 is 2.20 bits per heavy atom. The molecule has 0 aliphatic heterocycles. The molecule has 0 saturated heterocycles. The quantitative estimate of drug-likeness (QED) is 0.891. The molecule has 2 nitrogen and oxygen atoms in total. The molecule has 0 fully saturated rings. The number of carbonyl (C=O) groups is 1. The van der Waals surface area contributed by atoms with Crippen LogP contribution in [0.1, 0.15) is 45.6 Å². The van der Waals surface area contributed by atoms with Crippen molar-refractivity contribution in [3.05, 3.63) is 70.3 Å². The van der Waals surface area contributed by atoms with Crippen LogP contribution in [0.15, 0.2) is 42.5 Å². The lowest BCUT2D eigenvalue weighted by Gasteiger charge is -2.17. The van der Waals surface area contributed by atoms with Gasteiger partial charge in [-0.05, 0) is 51.0 Å². The van der Waals surface area contributed by atoms with Crippen molar-refractivity contribution in [2.45, 2.75) is 33.7 Å². The summed E-state index contributed by atoms with van der Waals surface area (Å²) < 4.78 is 0. The number of hydrogen-bond acceptors (Lipinski definition) is 1. The first-order chi connectivity index (χ1) is 9.47. The molecule has 1 amide bonds. The number of amides is 1. The van der Waals surface area contributed by atoms with E-state index in [4.69, 9.17) is 0 Å². The highest BCUT2D eigenvalue weighted by Crippen LogP contribution is 2.19. The predicted octanol–water partition coefficient (Wildman–Crippen LogP) is 4.10. The van der Waals surface area contributed by atoms with Gasteiger partial charge in [0.2, 0.25) is 0 Å². The Balaban J connectivity index is 2.15. The fraction of sp³-hybridized carbons (Fsp3) is 0.278. The molecule has 2 aromatic rings. The zero-order valence-electron chi connectivity index (χ0n) is 12.5. The maximum absolute atomic E-state index is 12.2. The average Bonchev–Trinajstić information content (AvgIpc) is 2.42. The molecular formula is C18H21NO. The topological polar surface area (TPSA) is 29.1 Å². The number of benzene rings is 2. The van der Waals surface area contributed by atoms with Crippen molar-refractivity contribution in [1.29, 1.82) is 0 Å². The summed E-state index contributed by atoms with van der Waals surface area (Å²) in [6.07, 6.45) is 0. The minimum Gasteiger partial charge on any atom is -0.346 e. The highest BCUT2D eigenvalue weighted by atomic mass is 16.1. The van der Waals surface area contributed by atoms with Crippen molar-refractivity contribution in [3.63, 3.8) is 0 Å². The maximum atomic E-state index is 12.2. The van der Waals surface area contributed by atoms with Crippen LogP contribution in [-0.2, 0) is 0 Å². The zero-order valence-corrected chi connectivity index (χ0v) is 12.5. The van der Waals surface area contributed by atoms with Gasteiger partial charge in [-0.3, -0.25) is 4.79 Å². The molecule has 2 rings (SSSR count). The van der Waals surface area contributed by atoms with Crippen LogP contribution in [0.2, 0.25) is 0 Å². The average molecular weight is 267 g/mol. The second-order valence-corrected chi connectivity index (χ2v) is 5.42. The summed E-state index contributed by atoms with van der Waals surface area (Å²) in [5.74, 6) is -0.0293. The first-order valence-corrected chi connectivity index (χ1v) is 6.92. The molecule has 0 spiro atoms. The van der Waals surface area contributed by atoms with E-state index in [-0.39, 0.29) is 11.9 Å². The van der Waals surface area contributed by atoms with Crippen LogP contribution < -0.4 is 5.32 Å². The first kappa shape index (κ1) is 14.3. The van der Waals surface area contributed by atoms with Gasteiger partial charge < -0.3 is 5.32 Å². The summed E-state index contributed by atoms with van der Waals surface area (Å²) in [5.41, 5.74) is 5.44. The molecular weight excluding hydrogens is 246 g/mol. The van der Waals surface area contributed by atoms with Crippen LogP contribution in [0.4, 0.5) is 0 Å². The Kier molecular flexibility index (Phi) is 4.23. The maximum Gasteiger partial charge on any atom is 0.251 e. The fourth-order valence-corrected chi connectivity index (χ4v) is 2.29. The van der Waals surface area contributed by atoms with E-state index in [2.05, 4.69) is 37.4 Å². The predicted molar refractivity (Wildman–Crippen MR) is 83.0 cm³/mol. The summed E-state index contributed by atoms with van der Waals surface area (Å²) in [6.45, 7) is 8.18. The molecule has 104 valence electrons. The molecule has 1 atom stereocenters. The van der Waals surface area contributed by atoms with Gasteiger partial charge in [0.05, 0.1) is 6.04 Å². The third-order valence-corrected chi connectivity index (χ3v) is 3.56. The van der Waals surface area contributed by atoms with E-state index >= 15 is 0 Å². The van der Waals surface area contributed by atoms with Crippen molar-refractivity contribution in [3.8, 4) is 0 Å². The number of carbonyl (C=O) groups excluding carboxylic acids is 1. The summed E-state index contributed by atoms with van der Waals surface area (Å²) in [5, 5.41) is 3.06. The molecule has 0 aliphatic rings. The smallest absolute Gasteiger partial charge is 0.251 e. The highest BCUT2D eigenvalue weighted by Gasteiger charge is 2.13. The molecule has 0 aromatic heterocycles. The van der Waals surface area contributed by atoms with Crippen molar-refractivity contribution < 1.29 is 4.79 Å². The third-order valence-electron chi connectivity index (χ3n) is 3.56. The lowest BCUT2D eigenvalue weighted by atomic mass is 9.99. The highest BCUT2D eigenvalue weighted by molar-refractivity contribution is 5.94. The molecule has 2 heteroatoms. The van der Waals surface area contributed by atoms with Gasteiger partial charge in [0, 0.05) is 5.56 Å². The van der Waals surface area contributed by atoms with Gasteiger partial charge in [-0.25, -0.2) is 0 Å². The summed E-state index contributed by atoms with van der Waals surface area (Å²) in [4.78, 5) is 12.2. The van der Waals surface area contributed by atoms with Gasteiger partial charge in [0.25, 0.3) is 5.91 Å². The largest absolute Gasteiger partial charge is 0.346 e. The van der Waals surface area contributed by atoms with E-state index in [0.29, 0.717) is 5.56 Å². The van der Waals surface area contributed by atoms with Crippen LogP contribution >= 0.6 is 0 Å². The van der Waals surface area contributed by atoms with Crippen LogP contribution in [0, 0.1) is 20.8 Å². The third kappa shape index (κ3) is 3.27. The minimum atomic E-state index is -0.0293. The van der Waals surface area contributed by atoms with Crippen molar-refractivity contribution in [2.75, 3.05) is 0 Å². The van der Waals surface area contributed by atoms with Crippen LogP contribution in [0.25, 0.3) is 0 Å². The Morgan fingerprint density at radius 1 is 0.950 bits per heavy atom. The monoisotopic (exact) mass is 267 g/mol. The van der Waals surface area contributed by atoms with Gasteiger partial charge >= 0.3 is 0 Å². The van der Waals surface area contributed by atoms with Crippen LogP contribution in [0.5, 0.6) is 0 Å². The Bertz CT molecular complexity index is 614. The molecule has 1 N–H and O–H groups in total. The molecule has 0 saturated carbocycles. The Morgan fingerprint density at radius 2 is 1.55 bits per heavy atom. The van der Waals surface area contributed by atoms with Crippen LogP contribution in [-0.4, -0.2) is 5.91 Å². The lowest BCUT2D eigenvalue weighted by molar-refractivity contribution is 0.0940. The second kappa shape index (κ2) is 5.91. The molecule has 0 bridgehead atoms. The normalized spacial score (nSPS) is 12.0. The van der Waals surface area contributed by atoms with E-state index in [0.717, 1.165) is 5.56 Å². The summed E-state index contributed by atoms with van der Waals surface area (Å²) >= 11 is 0. The summed E-state index contributed by atoms with van der Waals surface area (Å²) in [7, 11) is 0. The van der Waals surface area contributed by atoms with Crippen molar-refractivity contribution >= 4 is 5.91 Å². The summed E-state index contributed by atoms with van der Waals surface area (Å²) in [6, 6.07) is 14.0. The van der Waals surface area contributed by atoms with E-state index in [1.807, 2.05) is 38.1 Å². The Labute approximate surface area is 120 Å². The van der Waals surface area contributed by atoms with E-state index < -0.39 is 0 Å². The van der Waals surface area contributed by atoms with Gasteiger partial charge in [-0.1, -0.05) is 41.5 Å². The number of nitrogens with one attached hydrogen (secondary N) is 1. The lowest BCUT2D eigenvalue weighted by Crippen LogP contribution is -2.27.